The summed E-state index contributed by atoms with van der Waals surface area (Å²) in [5.41, 5.74) is 5.15. The Morgan fingerprint density at radius 3 is 2.60 bits per heavy atom. The van der Waals surface area contributed by atoms with Gasteiger partial charge in [0.15, 0.2) is 0 Å². The zero-order chi connectivity index (χ0) is 30.6. The minimum Gasteiger partial charge on any atom is -0.481 e. The molecule has 14 atom stereocenters. The summed E-state index contributed by atoms with van der Waals surface area (Å²) in [6, 6.07) is -0.590. The molecule has 238 valence electrons. The number of hydroxylamine groups is 1. The van der Waals surface area contributed by atoms with E-state index in [0.29, 0.717) is 47.2 Å². The highest BCUT2D eigenvalue weighted by molar-refractivity contribution is 5.68. The summed E-state index contributed by atoms with van der Waals surface area (Å²) in [7, 11) is 0. The zero-order valence-corrected chi connectivity index (χ0v) is 27.7. The van der Waals surface area contributed by atoms with Crippen LogP contribution in [0.25, 0.3) is 0 Å². The molecule has 4 fully saturated rings. The molecule has 0 spiro atoms. The largest absolute Gasteiger partial charge is 0.481 e. The monoisotopic (exact) mass is 585 g/mol. The molecule has 5 rings (SSSR count). The predicted octanol–water partition coefficient (Wildman–Crippen LogP) is 7.47. The van der Waals surface area contributed by atoms with Crippen molar-refractivity contribution in [3.05, 3.63) is 11.6 Å². The summed E-state index contributed by atoms with van der Waals surface area (Å²) in [5.74, 6) is 5.10. The number of carboxylic acids is 1. The molecule has 6 nitrogen and oxygen atoms in total. The summed E-state index contributed by atoms with van der Waals surface area (Å²) >= 11 is 0. The number of hydrogen-bond acceptors (Lipinski definition) is 5. The molecule has 3 saturated carbocycles. The van der Waals surface area contributed by atoms with E-state index < -0.39 is 12.0 Å². The lowest BCUT2D eigenvalue weighted by Gasteiger charge is -2.60. The van der Waals surface area contributed by atoms with E-state index in [-0.39, 0.29) is 18.4 Å². The maximum atomic E-state index is 11.2. The maximum absolute atomic E-state index is 11.2. The molecule has 0 radical (unpaired) electrons. The fourth-order valence-electron chi connectivity index (χ4n) is 11.2. The molecule has 2 N–H and O–H groups in total. The van der Waals surface area contributed by atoms with Crippen molar-refractivity contribution >= 4 is 12.3 Å². The second kappa shape index (κ2) is 11.9. The van der Waals surface area contributed by atoms with Gasteiger partial charge in [-0.25, -0.2) is 0 Å². The topological polar surface area (TPSA) is 84.9 Å². The van der Waals surface area contributed by atoms with Gasteiger partial charge in [0.05, 0.1) is 24.4 Å². The van der Waals surface area contributed by atoms with Crippen LogP contribution in [0.4, 0.5) is 0 Å². The van der Waals surface area contributed by atoms with Crippen molar-refractivity contribution in [2.45, 2.75) is 131 Å². The van der Waals surface area contributed by atoms with Crippen LogP contribution in [0, 0.1) is 64.1 Å². The standard InChI is InChI=1S/C36H59NO5/c1-21(20-41-37-27(19-38)10-12-30(39)40)13-16-36(8)25(5)32-33(42-36)24(4)31-28-11-9-26-17-22(2)23(3)18-35(26,7)29(28)14-15-34(31,32)6/h9,19,21-25,27-29,31-33,37H,10-18,20H2,1-8H3,(H,39,40)/t21?,22?,23?,24?,25?,27-,28?,29?,31?,32?,33?,34?,35?,36?/m1/s1. The van der Waals surface area contributed by atoms with Crippen LogP contribution in [-0.4, -0.2) is 41.7 Å². The average molecular weight is 586 g/mol. The van der Waals surface area contributed by atoms with Crippen LogP contribution in [-0.2, 0) is 19.2 Å². The molecule has 13 unspecified atom stereocenters. The van der Waals surface area contributed by atoms with Crippen molar-refractivity contribution in [1.82, 2.24) is 5.48 Å². The highest BCUT2D eigenvalue weighted by atomic mass is 16.6. The molecule has 0 aromatic rings. The predicted molar refractivity (Wildman–Crippen MR) is 165 cm³/mol. The maximum Gasteiger partial charge on any atom is 0.303 e. The first-order valence-corrected chi connectivity index (χ1v) is 17.2. The number of carbonyl (C=O) groups is 2. The van der Waals surface area contributed by atoms with Crippen LogP contribution in [0.1, 0.15) is 113 Å². The third-order valence-electron chi connectivity index (χ3n) is 13.9. The first-order chi connectivity index (χ1) is 19.7. The summed E-state index contributed by atoms with van der Waals surface area (Å²) in [4.78, 5) is 27.7. The lowest BCUT2D eigenvalue weighted by atomic mass is 9.45. The fraction of sp³-hybridized carbons (Fsp3) is 0.889. The van der Waals surface area contributed by atoms with E-state index in [0.717, 1.165) is 48.7 Å². The molecule has 42 heavy (non-hydrogen) atoms. The number of carboxylic acid groups (broad SMARTS) is 1. The number of carbonyl (C=O) groups excluding carboxylic acids is 1. The first-order valence-electron chi connectivity index (χ1n) is 17.2. The number of ether oxygens (including phenoxy) is 1. The van der Waals surface area contributed by atoms with Crippen molar-refractivity contribution < 1.29 is 24.3 Å². The number of rotatable bonds is 11. The van der Waals surface area contributed by atoms with Crippen LogP contribution in [0.15, 0.2) is 11.6 Å². The molecule has 6 heteroatoms. The molecular weight excluding hydrogens is 526 g/mol. The summed E-state index contributed by atoms with van der Waals surface area (Å²) in [6.07, 6.45) is 12.6. The summed E-state index contributed by atoms with van der Waals surface area (Å²) in [5, 5.41) is 8.87. The van der Waals surface area contributed by atoms with Gasteiger partial charge >= 0.3 is 5.97 Å². The first kappa shape index (κ1) is 32.2. The highest BCUT2D eigenvalue weighted by Crippen LogP contribution is 2.72. The van der Waals surface area contributed by atoms with E-state index >= 15 is 0 Å². The fourth-order valence-corrected chi connectivity index (χ4v) is 11.2. The zero-order valence-electron chi connectivity index (χ0n) is 27.7. The molecular formula is C36H59NO5. The Labute approximate surface area is 255 Å². The molecule has 0 amide bonds. The van der Waals surface area contributed by atoms with Crippen LogP contribution in [0.5, 0.6) is 0 Å². The molecule has 1 aliphatic heterocycles. The molecule has 0 aromatic heterocycles. The molecule has 1 heterocycles. The Kier molecular flexibility index (Phi) is 9.14. The number of allylic oxidation sites excluding steroid dienone is 2. The number of nitrogens with one attached hydrogen (secondary N) is 1. The van der Waals surface area contributed by atoms with Crippen molar-refractivity contribution in [3.63, 3.8) is 0 Å². The van der Waals surface area contributed by atoms with Crippen LogP contribution in [0.2, 0.25) is 0 Å². The van der Waals surface area contributed by atoms with Gasteiger partial charge < -0.3 is 19.5 Å². The normalized spacial score (nSPS) is 47.4. The number of aliphatic carboxylic acids is 1. The molecule has 0 bridgehead atoms. The van der Waals surface area contributed by atoms with Gasteiger partial charge in [0.25, 0.3) is 0 Å². The van der Waals surface area contributed by atoms with Gasteiger partial charge in [-0.1, -0.05) is 60.1 Å². The minimum absolute atomic E-state index is 0.0552. The SMILES string of the molecule is CC(CCC1(C)OC2C(C)C3C4CC=C5CC(C)C(C)CC5(C)C4CCC3(C)C2C1C)CON[C@@H](C=O)CCC(=O)O. The number of fused-ring (bicyclic) bond motifs is 7. The van der Waals surface area contributed by atoms with Gasteiger partial charge in [-0.05, 0) is 122 Å². The van der Waals surface area contributed by atoms with Gasteiger partial charge in [-0.15, -0.1) is 0 Å². The van der Waals surface area contributed by atoms with Crippen molar-refractivity contribution in [2.24, 2.45) is 64.1 Å². The summed E-state index contributed by atoms with van der Waals surface area (Å²) < 4.78 is 7.19. The van der Waals surface area contributed by atoms with Crippen molar-refractivity contribution in [2.75, 3.05) is 6.61 Å². The molecule has 4 aliphatic carbocycles. The van der Waals surface area contributed by atoms with Gasteiger partial charge in [0.2, 0.25) is 0 Å². The van der Waals surface area contributed by atoms with Gasteiger partial charge in [-0.2, -0.15) is 5.48 Å². The second-order valence-electron chi connectivity index (χ2n) is 16.4. The van der Waals surface area contributed by atoms with Gasteiger partial charge in [0, 0.05) is 6.42 Å². The van der Waals surface area contributed by atoms with E-state index in [1.807, 2.05) is 0 Å². The minimum atomic E-state index is -0.907. The third-order valence-corrected chi connectivity index (χ3v) is 13.9. The van der Waals surface area contributed by atoms with E-state index in [4.69, 9.17) is 14.7 Å². The van der Waals surface area contributed by atoms with Gasteiger partial charge in [0.1, 0.15) is 6.29 Å². The van der Waals surface area contributed by atoms with E-state index in [9.17, 15) is 9.59 Å². The van der Waals surface area contributed by atoms with Crippen LogP contribution < -0.4 is 5.48 Å². The highest BCUT2D eigenvalue weighted by Gasteiger charge is 2.69. The van der Waals surface area contributed by atoms with Crippen molar-refractivity contribution in [1.29, 1.82) is 0 Å². The van der Waals surface area contributed by atoms with Crippen LogP contribution >= 0.6 is 0 Å². The quantitative estimate of drug-likeness (QED) is 0.149. The van der Waals surface area contributed by atoms with Gasteiger partial charge in [-0.3, -0.25) is 4.79 Å². The van der Waals surface area contributed by atoms with E-state index in [1.54, 1.807) is 5.57 Å². The van der Waals surface area contributed by atoms with Crippen molar-refractivity contribution in [3.8, 4) is 0 Å². The van der Waals surface area contributed by atoms with E-state index in [1.165, 1.54) is 32.1 Å². The molecule has 0 aromatic carbocycles. The molecule has 5 aliphatic rings. The van der Waals surface area contributed by atoms with Crippen LogP contribution in [0.3, 0.4) is 0 Å². The number of aldehydes is 1. The lowest BCUT2D eigenvalue weighted by molar-refractivity contribution is -0.137. The smallest absolute Gasteiger partial charge is 0.303 e. The average Bonchev–Trinajstić information content (AvgIpc) is 3.33. The Hall–Kier alpha value is -1.24. The Morgan fingerprint density at radius 1 is 1.17 bits per heavy atom. The Bertz CT molecular complexity index is 1040. The van der Waals surface area contributed by atoms with E-state index in [2.05, 4.69) is 66.9 Å². The Morgan fingerprint density at radius 2 is 1.90 bits per heavy atom. The number of hydrogen-bond donors (Lipinski definition) is 2. The second-order valence-corrected chi connectivity index (χ2v) is 16.4. The Balaban J connectivity index is 1.21. The molecule has 1 saturated heterocycles. The lowest BCUT2D eigenvalue weighted by Crippen LogP contribution is -2.52. The third kappa shape index (κ3) is 5.44. The summed E-state index contributed by atoms with van der Waals surface area (Å²) in [6.45, 7) is 20.3.